The van der Waals surface area contributed by atoms with Gasteiger partial charge in [0.15, 0.2) is 0 Å². The summed E-state index contributed by atoms with van der Waals surface area (Å²) < 4.78 is 10.0. The van der Waals surface area contributed by atoms with E-state index in [4.69, 9.17) is 15.2 Å². The molecule has 2 amide bonds. The fraction of sp³-hybridized carbons (Fsp3) is 0.833. The lowest BCUT2D eigenvalue weighted by Crippen LogP contribution is -2.49. The van der Waals surface area contributed by atoms with Gasteiger partial charge in [-0.15, -0.1) is 0 Å². The zero-order valence-corrected chi connectivity index (χ0v) is 11.1. The molecule has 1 heterocycles. The van der Waals surface area contributed by atoms with Crippen molar-refractivity contribution in [3.8, 4) is 0 Å². The first kappa shape index (κ1) is 14.9. The van der Waals surface area contributed by atoms with Crippen molar-refractivity contribution in [3.05, 3.63) is 0 Å². The Morgan fingerprint density at radius 2 is 2.06 bits per heavy atom. The Bertz CT molecular complexity index is 296. The lowest BCUT2D eigenvalue weighted by Gasteiger charge is -2.36. The van der Waals surface area contributed by atoms with Gasteiger partial charge in [-0.3, -0.25) is 9.59 Å². The van der Waals surface area contributed by atoms with E-state index in [0.717, 1.165) is 12.8 Å². The first-order valence-electron chi connectivity index (χ1n) is 6.21. The maximum Gasteiger partial charge on any atom is 0.248 e. The summed E-state index contributed by atoms with van der Waals surface area (Å²) in [4.78, 5) is 24.8. The van der Waals surface area contributed by atoms with Crippen molar-refractivity contribution in [2.45, 2.75) is 25.8 Å². The Morgan fingerprint density at radius 3 is 2.67 bits per heavy atom. The number of amides is 2. The van der Waals surface area contributed by atoms with Gasteiger partial charge in [-0.25, -0.2) is 0 Å². The van der Waals surface area contributed by atoms with Crippen LogP contribution in [0.5, 0.6) is 0 Å². The topological polar surface area (TPSA) is 81.9 Å². The number of methoxy groups -OCH3 is 1. The number of likely N-dealkylation sites (tertiary alicyclic amines) is 1. The van der Waals surface area contributed by atoms with Crippen LogP contribution < -0.4 is 5.73 Å². The Labute approximate surface area is 107 Å². The molecule has 0 saturated carbocycles. The second-order valence-corrected chi connectivity index (χ2v) is 4.62. The van der Waals surface area contributed by atoms with Crippen LogP contribution in [0.15, 0.2) is 0 Å². The van der Waals surface area contributed by atoms with Gasteiger partial charge in [0.2, 0.25) is 11.8 Å². The highest BCUT2D eigenvalue weighted by atomic mass is 16.5. The number of nitrogens with zero attached hydrogens (tertiary/aromatic N) is 1. The predicted molar refractivity (Wildman–Crippen MR) is 65.8 cm³/mol. The van der Waals surface area contributed by atoms with Gasteiger partial charge in [0.1, 0.15) is 6.61 Å². The molecule has 1 aliphatic rings. The van der Waals surface area contributed by atoms with E-state index in [2.05, 4.69) is 0 Å². The maximum atomic E-state index is 11.9. The Kier molecular flexibility index (Phi) is 6.07. The minimum absolute atomic E-state index is 0.0270. The number of nitrogens with two attached hydrogens (primary N) is 1. The van der Waals surface area contributed by atoms with E-state index >= 15 is 0 Å². The van der Waals surface area contributed by atoms with Crippen LogP contribution in [0.1, 0.15) is 19.8 Å². The van der Waals surface area contributed by atoms with Gasteiger partial charge in [-0.2, -0.15) is 0 Å². The molecule has 0 bridgehead atoms. The monoisotopic (exact) mass is 258 g/mol. The van der Waals surface area contributed by atoms with Crippen molar-refractivity contribution >= 4 is 11.8 Å². The molecule has 0 aliphatic carbocycles. The quantitative estimate of drug-likeness (QED) is 0.667. The smallest absolute Gasteiger partial charge is 0.248 e. The van der Waals surface area contributed by atoms with Crippen LogP contribution in [0.2, 0.25) is 0 Å². The van der Waals surface area contributed by atoms with Crippen LogP contribution in [0.25, 0.3) is 0 Å². The molecule has 0 aromatic carbocycles. The number of piperidine rings is 1. The average molecular weight is 258 g/mol. The lowest BCUT2D eigenvalue weighted by atomic mass is 9.93. The molecular weight excluding hydrogens is 236 g/mol. The third-order valence-corrected chi connectivity index (χ3v) is 3.26. The van der Waals surface area contributed by atoms with Crippen molar-refractivity contribution in [2.75, 3.05) is 33.5 Å². The van der Waals surface area contributed by atoms with Crippen LogP contribution >= 0.6 is 0 Å². The number of primary amides is 1. The van der Waals surface area contributed by atoms with Crippen LogP contribution in [-0.2, 0) is 19.1 Å². The zero-order valence-electron chi connectivity index (χ0n) is 11.1. The summed E-state index contributed by atoms with van der Waals surface area (Å²) in [6.07, 6.45) is 1.56. The minimum atomic E-state index is -0.333. The van der Waals surface area contributed by atoms with Gasteiger partial charge in [0.25, 0.3) is 0 Å². The highest BCUT2D eigenvalue weighted by Crippen LogP contribution is 2.21. The van der Waals surface area contributed by atoms with E-state index in [9.17, 15) is 9.59 Å². The molecule has 18 heavy (non-hydrogen) atoms. The van der Waals surface area contributed by atoms with Gasteiger partial charge in [0, 0.05) is 19.7 Å². The van der Waals surface area contributed by atoms with E-state index in [-0.39, 0.29) is 30.4 Å². The molecule has 0 aromatic rings. The molecule has 1 aliphatic heterocycles. The largest absolute Gasteiger partial charge is 0.382 e. The fourth-order valence-corrected chi connectivity index (χ4v) is 2.07. The Morgan fingerprint density at radius 1 is 1.33 bits per heavy atom. The number of hydrogen-bond donors (Lipinski definition) is 1. The van der Waals surface area contributed by atoms with Crippen LogP contribution in [0.3, 0.4) is 0 Å². The normalized spacial score (nSPS) is 24.0. The summed E-state index contributed by atoms with van der Waals surface area (Å²) in [5, 5.41) is 0. The molecule has 2 unspecified atom stereocenters. The van der Waals surface area contributed by atoms with Crippen molar-refractivity contribution in [2.24, 2.45) is 11.7 Å². The van der Waals surface area contributed by atoms with Crippen LogP contribution in [-0.4, -0.2) is 56.2 Å². The number of rotatable bonds is 6. The summed E-state index contributed by atoms with van der Waals surface area (Å²) in [5.74, 6) is -0.659. The summed E-state index contributed by atoms with van der Waals surface area (Å²) in [7, 11) is 1.58. The first-order chi connectivity index (χ1) is 8.56. The van der Waals surface area contributed by atoms with Crippen molar-refractivity contribution in [3.63, 3.8) is 0 Å². The molecule has 1 saturated heterocycles. The molecule has 0 aromatic heterocycles. The van der Waals surface area contributed by atoms with E-state index in [0.29, 0.717) is 19.8 Å². The molecule has 6 nitrogen and oxygen atoms in total. The molecular formula is C12H22N2O4. The van der Waals surface area contributed by atoms with Crippen LogP contribution in [0.4, 0.5) is 0 Å². The summed E-state index contributed by atoms with van der Waals surface area (Å²) in [5.41, 5.74) is 5.29. The first-order valence-corrected chi connectivity index (χ1v) is 6.21. The molecule has 0 radical (unpaired) electrons. The SMILES string of the molecule is COCCOCC(=O)N1CC(C(N)=O)CCC1C. The Balaban J connectivity index is 2.41. The highest BCUT2D eigenvalue weighted by Gasteiger charge is 2.31. The fourth-order valence-electron chi connectivity index (χ4n) is 2.07. The Hall–Kier alpha value is -1.14. The second-order valence-electron chi connectivity index (χ2n) is 4.62. The van der Waals surface area contributed by atoms with Crippen LogP contribution in [0, 0.1) is 5.92 Å². The van der Waals surface area contributed by atoms with Gasteiger partial charge in [-0.1, -0.05) is 0 Å². The van der Waals surface area contributed by atoms with Gasteiger partial charge in [-0.05, 0) is 19.8 Å². The van der Waals surface area contributed by atoms with E-state index in [1.807, 2.05) is 6.92 Å². The number of carbonyl (C=O) groups excluding carboxylic acids is 2. The number of hydrogen-bond acceptors (Lipinski definition) is 4. The van der Waals surface area contributed by atoms with Gasteiger partial charge < -0.3 is 20.1 Å². The number of ether oxygens (including phenoxy) is 2. The highest BCUT2D eigenvalue weighted by molar-refractivity contribution is 5.81. The van der Waals surface area contributed by atoms with Crippen molar-refractivity contribution in [1.29, 1.82) is 0 Å². The molecule has 2 N–H and O–H groups in total. The third-order valence-electron chi connectivity index (χ3n) is 3.26. The van der Waals surface area contributed by atoms with Crippen molar-refractivity contribution < 1.29 is 19.1 Å². The third kappa shape index (κ3) is 4.27. The predicted octanol–water partition coefficient (Wildman–Crippen LogP) is -0.238. The summed E-state index contributed by atoms with van der Waals surface area (Å²) in [6.45, 7) is 3.27. The van der Waals surface area contributed by atoms with Gasteiger partial charge >= 0.3 is 0 Å². The molecule has 2 atom stereocenters. The molecule has 104 valence electrons. The standard InChI is InChI=1S/C12H22N2O4/c1-9-3-4-10(12(13)16)7-14(9)11(15)8-18-6-5-17-2/h9-10H,3-8H2,1-2H3,(H2,13,16). The summed E-state index contributed by atoms with van der Waals surface area (Å²) >= 11 is 0. The molecule has 6 heteroatoms. The van der Waals surface area contributed by atoms with E-state index < -0.39 is 0 Å². The number of carbonyl (C=O) groups is 2. The zero-order chi connectivity index (χ0) is 13.5. The minimum Gasteiger partial charge on any atom is -0.382 e. The van der Waals surface area contributed by atoms with Gasteiger partial charge in [0.05, 0.1) is 19.1 Å². The second kappa shape index (κ2) is 7.33. The summed E-state index contributed by atoms with van der Waals surface area (Å²) in [6, 6.07) is 0.138. The molecule has 0 spiro atoms. The van der Waals surface area contributed by atoms with Crippen molar-refractivity contribution in [1.82, 2.24) is 4.90 Å². The van der Waals surface area contributed by atoms with E-state index in [1.54, 1.807) is 12.0 Å². The lowest BCUT2D eigenvalue weighted by molar-refractivity contribution is -0.142. The van der Waals surface area contributed by atoms with E-state index in [1.165, 1.54) is 0 Å². The average Bonchev–Trinajstić information content (AvgIpc) is 2.34. The maximum absolute atomic E-state index is 11.9. The molecule has 1 fully saturated rings. The molecule has 1 rings (SSSR count).